The Labute approximate surface area is 405 Å². The van der Waals surface area contributed by atoms with Crippen LogP contribution in [0.1, 0.15) is 73.8 Å². The van der Waals surface area contributed by atoms with Gasteiger partial charge < -0.3 is 4.42 Å². The highest BCUT2D eigenvalue weighted by Gasteiger charge is 2.62. The molecule has 4 saturated carbocycles. The van der Waals surface area contributed by atoms with Crippen molar-refractivity contribution >= 4 is 21.9 Å². The van der Waals surface area contributed by atoms with Gasteiger partial charge in [0.15, 0.2) is 0 Å². The zero-order chi connectivity index (χ0) is 45.8. The van der Waals surface area contributed by atoms with E-state index in [-0.39, 0.29) is 10.8 Å². The molecular formula is C68H54O. The van der Waals surface area contributed by atoms with Gasteiger partial charge in [-0.2, -0.15) is 0 Å². The molecule has 0 amide bonds. The van der Waals surface area contributed by atoms with Crippen molar-refractivity contribution in [2.45, 2.75) is 63.7 Å². The van der Waals surface area contributed by atoms with Crippen LogP contribution in [0.5, 0.6) is 0 Å². The molecule has 0 N–H and O–H groups in total. The molecule has 0 saturated heterocycles. The fourth-order valence-corrected chi connectivity index (χ4v) is 15.2. The third-order valence-corrected chi connectivity index (χ3v) is 18.2. The number of hydrogen-bond acceptors (Lipinski definition) is 1. The van der Waals surface area contributed by atoms with E-state index in [1.165, 1.54) is 121 Å². The highest BCUT2D eigenvalue weighted by molar-refractivity contribution is 6.06. The second-order valence-electron chi connectivity index (χ2n) is 22.1. The number of aryl methyl sites for hydroxylation is 1. The van der Waals surface area contributed by atoms with Crippen LogP contribution in [-0.4, -0.2) is 0 Å². The van der Waals surface area contributed by atoms with E-state index in [4.69, 9.17) is 4.42 Å². The van der Waals surface area contributed by atoms with Crippen molar-refractivity contribution < 1.29 is 4.42 Å². The number of para-hydroxylation sites is 1. The lowest BCUT2D eigenvalue weighted by Crippen LogP contribution is -2.55. The molecule has 0 aliphatic heterocycles. The molecular weight excluding hydrogens is 833 g/mol. The molecule has 4 bridgehead atoms. The minimum atomic E-state index is -0.00992. The molecule has 69 heavy (non-hydrogen) atoms. The van der Waals surface area contributed by atoms with Crippen LogP contribution in [-0.2, 0) is 10.8 Å². The Hall–Kier alpha value is -7.22. The number of hydrogen-bond donors (Lipinski definition) is 0. The van der Waals surface area contributed by atoms with Gasteiger partial charge in [-0.25, -0.2) is 0 Å². The normalized spacial score (nSPS) is 22.0. The smallest absolute Gasteiger partial charge is 0.136 e. The van der Waals surface area contributed by atoms with E-state index in [2.05, 4.69) is 203 Å². The summed E-state index contributed by atoms with van der Waals surface area (Å²) in [5, 5.41) is 2.30. The number of benzene rings is 9. The molecule has 1 nitrogen and oxygen atoms in total. The van der Waals surface area contributed by atoms with E-state index in [1.807, 2.05) is 6.07 Å². The summed E-state index contributed by atoms with van der Waals surface area (Å²) < 4.78 is 6.35. The molecule has 10 aromatic rings. The van der Waals surface area contributed by atoms with E-state index in [9.17, 15) is 0 Å². The van der Waals surface area contributed by atoms with Gasteiger partial charge in [-0.15, -0.1) is 0 Å². The van der Waals surface area contributed by atoms with E-state index in [0.717, 1.165) is 39.3 Å². The Balaban J connectivity index is 0.811. The van der Waals surface area contributed by atoms with E-state index in [0.29, 0.717) is 11.8 Å². The van der Waals surface area contributed by atoms with E-state index in [1.54, 1.807) is 11.1 Å². The summed E-state index contributed by atoms with van der Waals surface area (Å²) in [6, 6.07) is 71.2. The standard InChI is InChI=1S/C68H54O/c1-40-26-58-60-37-59-54-16-7-9-18-61(54)67(2,3)62(59)39-64(60)68(52-28-41-27-42(30-52)31-53(68)29-41)63(58)38-57(40)48-15-11-14-46(32-48)44-20-22-45(23-21-44)50-33-49(43-12-5-4-6-13-43)34-51(35-50)47-24-25-56-55-17-8-10-19-65(55)69-66(56)36-47/h4-26,32-39,41-42,52-53H,27-31H2,1-3H3. The van der Waals surface area contributed by atoms with Crippen molar-refractivity contribution in [2.24, 2.45) is 23.7 Å². The first kappa shape index (κ1) is 39.7. The molecule has 0 unspecified atom stereocenters. The Morgan fingerprint density at radius 1 is 0.348 bits per heavy atom. The molecule has 6 aliphatic rings. The molecule has 1 spiro atoms. The van der Waals surface area contributed by atoms with Gasteiger partial charge in [0.1, 0.15) is 11.2 Å². The van der Waals surface area contributed by atoms with Crippen molar-refractivity contribution in [2.75, 3.05) is 0 Å². The lowest BCUT2D eigenvalue weighted by molar-refractivity contribution is -0.0399. The summed E-state index contributed by atoms with van der Waals surface area (Å²) in [6.45, 7) is 7.28. The second-order valence-corrected chi connectivity index (χ2v) is 22.1. The first-order valence-corrected chi connectivity index (χ1v) is 25.6. The van der Waals surface area contributed by atoms with Gasteiger partial charge >= 0.3 is 0 Å². The zero-order valence-corrected chi connectivity index (χ0v) is 39.7. The molecule has 1 aromatic heterocycles. The van der Waals surface area contributed by atoms with Crippen molar-refractivity contribution in [3.63, 3.8) is 0 Å². The topological polar surface area (TPSA) is 13.1 Å². The second kappa shape index (κ2) is 14.4. The molecule has 1 heterocycles. The van der Waals surface area contributed by atoms with E-state index < -0.39 is 0 Å². The predicted octanol–water partition coefficient (Wildman–Crippen LogP) is 18.3. The number of furan rings is 1. The first-order valence-electron chi connectivity index (χ1n) is 25.6. The fraction of sp³-hybridized carbons (Fsp3) is 0.206. The van der Waals surface area contributed by atoms with Crippen molar-refractivity contribution in [3.8, 4) is 77.9 Å². The third kappa shape index (κ3) is 5.71. The van der Waals surface area contributed by atoms with Gasteiger partial charge in [0.2, 0.25) is 0 Å². The number of fused-ring (bicyclic) bond motifs is 9. The first-order chi connectivity index (χ1) is 33.8. The van der Waals surface area contributed by atoms with Gasteiger partial charge in [0, 0.05) is 21.6 Å². The zero-order valence-electron chi connectivity index (χ0n) is 39.7. The molecule has 4 fully saturated rings. The minimum absolute atomic E-state index is 0.00992. The molecule has 0 radical (unpaired) electrons. The van der Waals surface area contributed by atoms with Gasteiger partial charge in [-0.05, 0) is 223 Å². The highest BCUT2D eigenvalue weighted by atomic mass is 16.3. The summed E-state index contributed by atoms with van der Waals surface area (Å²) >= 11 is 0. The maximum absolute atomic E-state index is 6.35. The molecule has 0 atom stereocenters. The fourth-order valence-electron chi connectivity index (χ4n) is 15.2. The van der Waals surface area contributed by atoms with Crippen molar-refractivity contribution in [1.29, 1.82) is 0 Å². The van der Waals surface area contributed by atoms with Crippen LogP contribution in [0.4, 0.5) is 0 Å². The van der Waals surface area contributed by atoms with E-state index >= 15 is 0 Å². The van der Waals surface area contributed by atoms with Gasteiger partial charge in [-0.1, -0.05) is 147 Å². The maximum Gasteiger partial charge on any atom is 0.136 e. The molecule has 1 heteroatoms. The molecule has 332 valence electrons. The number of rotatable bonds is 5. The molecule has 6 aliphatic carbocycles. The lowest BCUT2D eigenvalue weighted by Gasteiger charge is -2.61. The SMILES string of the molecule is Cc1cc2c(cc1-c1cccc(-c3ccc(-c4cc(-c5ccccc5)cc(-c5ccc6c(c5)oc5ccccc56)c4)cc3)c1)C1(c3cc4c(cc3-2)-c2ccccc2C4(C)C)C2CC3CC(C2)CC1C3. The Morgan fingerprint density at radius 3 is 1.65 bits per heavy atom. The van der Waals surface area contributed by atoms with Crippen molar-refractivity contribution in [1.82, 2.24) is 0 Å². The summed E-state index contributed by atoms with van der Waals surface area (Å²) in [5.41, 5.74) is 27.8. The quantitative estimate of drug-likeness (QED) is 0.168. The van der Waals surface area contributed by atoms with Crippen LogP contribution in [0.15, 0.2) is 192 Å². The Morgan fingerprint density at radius 2 is 0.884 bits per heavy atom. The predicted molar refractivity (Wildman–Crippen MR) is 286 cm³/mol. The van der Waals surface area contributed by atoms with Crippen LogP contribution in [0, 0.1) is 30.6 Å². The van der Waals surface area contributed by atoms with Crippen LogP contribution in [0.3, 0.4) is 0 Å². The highest BCUT2D eigenvalue weighted by Crippen LogP contribution is 2.70. The average Bonchev–Trinajstić information content (AvgIpc) is 3.97. The monoisotopic (exact) mass is 886 g/mol. The summed E-state index contributed by atoms with van der Waals surface area (Å²) in [6.07, 6.45) is 7.01. The summed E-state index contributed by atoms with van der Waals surface area (Å²) in [4.78, 5) is 0. The van der Waals surface area contributed by atoms with Crippen LogP contribution in [0.2, 0.25) is 0 Å². The Bertz CT molecular complexity index is 3740. The molecule has 9 aromatic carbocycles. The lowest BCUT2D eigenvalue weighted by atomic mass is 9.43. The Kier molecular flexibility index (Phi) is 8.30. The third-order valence-electron chi connectivity index (χ3n) is 18.2. The largest absolute Gasteiger partial charge is 0.456 e. The summed E-state index contributed by atoms with van der Waals surface area (Å²) in [7, 11) is 0. The average molecular weight is 887 g/mol. The van der Waals surface area contributed by atoms with Crippen molar-refractivity contribution in [3.05, 3.63) is 216 Å². The molecule has 16 rings (SSSR count). The van der Waals surface area contributed by atoms with Crippen LogP contribution in [0.25, 0.3) is 99.8 Å². The van der Waals surface area contributed by atoms with Crippen LogP contribution >= 0.6 is 0 Å². The van der Waals surface area contributed by atoms with Gasteiger partial charge in [-0.3, -0.25) is 0 Å². The minimum Gasteiger partial charge on any atom is -0.456 e. The maximum atomic E-state index is 6.35. The summed E-state index contributed by atoms with van der Waals surface area (Å²) in [5.74, 6) is 3.23. The van der Waals surface area contributed by atoms with Gasteiger partial charge in [0.05, 0.1) is 0 Å². The van der Waals surface area contributed by atoms with Crippen LogP contribution < -0.4 is 0 Å². The van der Waals surface area contributed by atoms with Gasteiger partial charge in [0.25, 0.3) is 0 Å².